The van der Waals surface area contributed by atoms with Crippen LogP contribution >= 0.6 is 0 Å². The first-order valence-electron chi connectivity index (χ1n) is 10.1. The highest BCUT2D eigenvalue weighted by molar-refractivity contribution is 5.91. The standard InChI is InChI=1S/C22H27N5O2/c1-23-22(29)10-4-14-3-7-17(20(28)11-14)18-8-9-21(26-25-18)27(2)19-12-16-6-5-15(19)13-24-16/h3-4,7-11,15-16,19,24,28H,5-6,12-13H2,1-2H3,(H,23,29)/b10-4+/t15-,16-,19-/m0/s1. The third kappa shape index (κ3) is 4.10. The number of anilines is 1. The van der Waals surface area contributed by atoms with E-state index in [9.17, 15) is 9.90 Å². The zero-order valence-electron chi connectivity index (χ0n) is 16.8. The lowest BCUT2D eigenvalue weighted by Gasteiger charge is -2.47. The summed E-state index contributed by atoms with van der Waals surface area (Å²) in [5.41, 5.74) is 1.97. The van der Waals surface area contributed by atoms with Gasteiger partial charge in [-0.15, -0.1) is 10.2 Å². The van der Waals surface area contributed by atoms with Gasteiger partial charge in [-0.3, -0.25) is 4.79 Å². The highest BCUT2D eigenvalue weighted by atomic mass is 16.3. The lowest BCUT2D eigenvalue weighted by Crippen LogP contribution is -2.56. The van der Waals surface area contributed by atoms with E-state index in [0.29, 0.717) is 29.3 Å². The number of fused-ring (bicyclic) bond motifs is 3. The number of carbonyl (C=O) groups is 1. The number of hydrogen-bond acceptors (Lipinski definition) is 6. The second-order valence-corrected chi connectivity index (χ2v) is 7.86. The van der Waals surface area contributed by atoms with Gasteiger partial charge in [-0.2, -0.15) is 0 Å². The molecule has 1 aromatic carbocycles. The Labute approximate surface area is 170 Å². The first-order valence-corrected chi connectivity index (χ1v) is 10.1. The fourth-order valence-corrected chi connectivity index (χ4v) is 4.38. The Morgan fingerprint density at radius 1 is 1.28 bits per heavy atom. The minimum atomic E-state index is -0.193. The molecule has 3 aliphatic rings. The molecule has 0 spiro atoms. The molecule has 152 valence electrons. The van der Waals surface area contributed by atoms with Crippen molar-refractivity contribution in [3.63, 3.8) is 0 Å². The molecule has 1 aromatic heterocycles. The van der Waals surface area contributed by atoms with Gasteiger partial charge in [-0.05, 0) is 61.1 Å². The molecule has 2 saturated heterocycles. The largest absolute Gasteiger partial charge is 0.507 e. The normalized spacial score (nSPS) is 23.3. The highest BCUT2D eigenvalue weighted by Gasteiger charge is 2.37. The number of aromatic nitrogens is 2. The van der Waals surface area contributed by atoms with Gasteiger partial charge in [0, 0.05) is 44.4 Å². The summed E-state index contributed by atoms with van der Waals surface area (Å²) in [6.07, 6.45) is 6.77. The van der Waals surface area contributed by atoms with Crippen LogP contribution in [0.5, 0.6) is 5.75 Å². The Morgan fingerprint density at radius 2 is 2.14 bits per heavy atom. The first kappa shape index (κ1) is 19.4. The third-order valence-corrected chi connectivity index (χ3v) is 6.11. The van der Waals surface area contributed by atoms with Gasteiger partial charge < -0.3 is 20.6 Å². The van der Waals surface area contributed by atoms with Crippen molar-refractivity contribution in [1.82, 2.24) is 20.8 Å². The van der Waals surface area contributed by atoms with Gasteiger partial charge in [0.15, 0.2) is 5.82 Å². The minimum absolute atomic E-state index is 0.107. The molecule has 1 amide bonds. The van der Waals surface area contributed by atoms with E-state index in [2.05, 4.69) is 32.8 Å². The van der Waals surface area contributed by atoms with Gasteiger partial charge >= 0.3 is 0 Å². The van der Waals surface area contributed by atoms with Gasteiger partial charge in [0.25, 0.3) is 0 Å². The van der Waals surface area contributed by atoms with Crippen LogP contribution < -0.4 is 15.5 Å². The van der Waals surface area contributed by atoms with Crippen molar-refractivity contribution in [2.45, 2.75) is 31.3 Å². The van der Waals surface area contributed by atoms with E-state index >= 15 is 0 Å². The number of phenols is 1. The third-order valence-electron chi connectivity index (χ3n) is 6.11. The van der Waals surface area contributed by atoms with Crippen LogP contribution in [-0.4, -0.2) is 53.9 Å². The van der Waals surface area contributed by atoms with Crippen molar-refractivity contribution >= 4 is 17.8 Å². The van der Waals surface area contributed by atoms with Crippen LogP contribution in [0.25, 0.3) is 17.3 Å². The maximum absolute atomic E-state index is 11.3. The molecule has 5 rings (SSSR count). The number of piperidine rings is 2. The zero-order valence-corrected chi connectivity index (χ0v) is 16.8. The summed E-state index contributed by atoms with van der Waals surface area (Å²) in [7, 11) is 3.67. The summed E-state index contributed by atoms with van der Waals surface area (Å²) in [5.74, 6) is 1.43. The van der Waals surface area contributed by atoms with E-state index in [0.717, 1.165) is 24.3 Å². The molecule has 2 aromatic rings. The SMILES string of the molecule is CNC(=O)/C=C/c1ccc(-c2ccc(N(C)[C@H]3C[C@@H]4CC[C@H]3CN4)nn2)c(O)c1. The minimum Gasteiger partial charge on any atom is -0.507 e. The monoisotopic (exact) mass is 393 g/mol. The number of phenolic OH excluding ortho intramolecular Hbond substituents is 1. The van der Waals surface area contributed by atoms with Gasteiger partial charge in [-0.25, -0.2) is 0 Å². The topological polar surface area (TPSA) is 90.4 Å². The Kier molecular flexibility index (Phi) is 5.49. The number of benzene rings is 1. The van der Waals surface area contributed by atoms with Gasteiger partial charge in [0.1, 0.15) is 5.75 Å². The van der Waals surface area contributed by atoms with Gasteiger partial charge in [0.05, 0.1) is 5.69 Å². The molecule has 7 nitrogen and oxygen atoms in total. The van der Waals surface area contributed by atoms with Crippen molar-refractivity contribution in [2.24, 2.45) is 5.92 Å². The molecule has 3 N–H and O–H groups in total. The van der Waals surface area contributed by atoms with E-state index in [1.807, 2.05) is 18.2 Å². The van der Waals surface area contributed by atoms with Crippen molar-refractivity contribution in [2.75, 3.05) is 25.5 Å². The molecule has 29 heavy (non-hydrogen) atoms. The van der Waals surface area contributed by atoms with E-state index in [4.69, 9.17) is 0 Å². The number of likely N-dealkylation sites (N-methyl/N-ethyl adjacent to an activating group) is 1. The predicted octanol–water partition coefficient (Wildman–Crippen LogP) is 2.19. The van der Waals surface area contributed by atoms with Crippen LogP contribution in [0, 0.1) is 5.92 Å². The molecule has 0 radical (unpaired) electrons. The summed E-state index contributed by atoms with van der Waals surface area (Å²) in [4.78, 5) is 13.6. The molecular formula is C22H27N5O2. The van der Waals surface area contributed by atoms with Gasteiger partial charge in [-0.1, -0.05) is 6.07 Å². The van der Waals surface area contributed by atoms with Crippen LogP contribution in [0.1, 0.15) is 24.8 Å². The summed E-state index contributed by atoms with van der Waals surface area (Å²) < 4.78 is 0. The Morgan fingerprint density at radius 3 is 2.72 bits per heavy atom. The van der Waals surface area contributed by atoms with Crippen molar-refractivity contribution in [1.29, 1.82) is 0 Å². The van der Waals surface area contributed by atoms with Crippen LogP contribution in [0.2, 0.25) is 0 Å². The fraction of sp³-hybridized carbons (Fsp3) is 0.409. The summed E-state index contributed by atoms with van der Waals surface area (Å²) in [6.45, 7) is 1.08. The van der Waals surface area contributed by atoms with Crippen molar-refractivity contribution in [3.05, 3.63) is 42.0 Å². The lowest BCUT2D eigenvalue weighted by molar-refractivity contribution is -0.115. The smallest absolute Gasteiger partial charge is 0.243 e. The van der Waals surface area contributed by atoms with E-state index < -0.39 is 0 Å². The van der Waals surface area contributed by atoms with Crippen molar-refractivity contribution < 1.29 is 9.90 Å². The molecular weight excluding hydrogens is 366 g/mol. The number of hydrogen-bond donors (Lipinski definition) is 3. The van der Waals surface area contributed by atoms with Crippen LogP contribution in [-0.2, 0) is 4.79 Å². The maximum atomic E-state index is 11.3. The second kappa shape index (κ2) is 8.21. The Bertz CT molecular complexity index is 904. The summed E-state index contributed by atoms with van der Waals surface area (Å²) in [6, 6.07) is 10.2. The molecule has 2 bridgehead atoms. The number of nitrogens with zero attached hydrogens (tertiary/aromatic N) is 3. The average molecular weight is 393 g/mol. The summed E-state index contributed by atoms with van der Waals surface area (Å²) in [5, 5.41) is 25.3. The molecule has 3 atom stereocenters. The molecule has 2 aliphatic heterocycles. The Balaban J connectivity index is 1.49. The summed E-state index contributed by atoms with van der Waals surface area (Å²) >= 11 is 0. The number of carbonyl (C=O) groups excluding carboxylic acids is 1. The lowest BCUT2D eigenvalue weighted by atomic mass is 9.77. The first-order chi connectivity index (χ1) is 14.0. The number of amides is 1. The molecule has 1 aliphatic carbocycles. The van der Waals surface area contributed by atoms with Crippen LogP contribution in [0.4, 0.5) is 5.82 Å². The Hall–Kier alpha value is -2.93. The fourth-order valence-electron chi connectivity index (χ4n) is 4.38. The van der Waals surface area contributed by atoms with Crippen LogP contribution in [0.15, 0.2) is 36.4 Å². The zero-order chi connectivity index (χ0) is 20.4. The average Bonchev–Trinajstić information content (AvgIpc) is 2.78. The molecule has 3 heterocycles. The number of aromatic hydroxyl groups is 1. The molecule has 1 saturated carbocycles. The number of nitrogens with one attached hydrogen (secondary N) is 2. The molecule has 0 unspecified atom stereocenters. The molecule has 7 heteroatoms. The van der Waals surface area contributed by atoms with Crippen LogP contribution in [0.3, 0.4) is 0 Å². The van der Waals surface area contributed by atoms with Crippen molar-refractivity contribution in [3.8, 4) is 17.0 Å². The maximum Gasteiger partial charge on any atom is 0.243 e. The van der Waals surface area contributed by atoms with E-state index in [1.54, 1.807) is 25.3 Å². The highest BCUT2D eigenvalue weighted by Crippen LogP contribution is 2.34. The quantitative estimate of drug-likeness (QED) is 0.675. The van der Waals surface area contributed by atoms with Gasteiger partial charge in [0.2, 0.25) is 5.91 Å². The second-order valence-electron chi connectivity index (χ2n) is 7.86. The number of rotatable bonds is 5. The van der Waals surface area contributed by atoms with E-state index in [1.165, 1.54) is 18.9 Å². The predicted molar refractivity (Wildman–Crippen MR) is 114 cm³/mol. The molecule has 3 fully saturated rings. The van der Waals surface area contributed by atoms with E-state index in [-0.39, 0.29) is 11.7 Å².